The molecule has 0 saturated heterocycles. The first-order chi connectivity index (χ1) is 15.2. The van der Waals surface area contributed by atoms with E-state index >= 15 is 0 Å². The SMILES string of the molecule is CCCCn1nnnc1CSc1nnc(-c2ccc(OC)cc2)n1-c1ccc(C)cc1. The van der Waals surface area contributed by atoms with Crippen molar-refractivity contribution in [2.24, 2.45) is 0 Å². The molecule has 0 unspecified atom stereocenters. The molecule has 0 fully saturated rings. The molecule has 4 aromatic rings. The third-order valence-electron chi connectivity index (χ3n) is 4.93. The lowest BCUT2D eigenvalue weighted by atomic mass is 10.2. The van der Waals surface area contributed by atoms with Crippen LogP contribution in [0.15, 0.2) is 53.7 Å². The third kappa shape index (κ3) is 4.77. The standard InChI is InChI=1S/C22H25N7OS/c1-4-5-14-28-20(23-26-27-28)15-31-22-25-24-21(17-8-12-19(30-3)13-9-17)29(22)18-10-6-16(2)7-11-18/h6-13H,4-5,14-15H2,1-3H3. The van der Waals surface area contributed by atoms with E-state index in [2.05, 4.69) is 68.4 Å². The van der Waals surface area contributed by atoms with Crippen molar-refractivity contribution < 1.29 is 4.74 Å². The molecule has 160 valence electrons. The predicted molar refractivity (Wildman–Crippen MR) is 120 cm³/mol. The Labute approximate surface area is 185 Å². The van der Waals surface area contributed by atoms with Gasteiger partial charge in [0.25, 0.3) is 0 Å². The molecule has 0 N–H and O–H groups in total. The monoisotopic (exact) mass is 435 g/mol. The van der Waals surface area contributed by atoms with Crippen LogP contribution in [-0.4, -0.2) is 42.1 Å². The maximum absolute atomic E-state index is 5.29. The molecule has 8 nitrogen and oxygen atoms in total. The Kier molecular flexibility index (Phi) is 6.61. The van der Waals surface area contributed by atoms with E-state index in [9.17, 15) is 0 Å². The first kappa shape index (κ1) is 21.0. The molecule has 0 aliphatic carbocycles. The molecule has 2 heterocycles. The molecule has 0 atom stereocenters. The van der Waals surface area contributed by atoms with E-state index in [-0.39, 0.29) is 0 Å². The van der Waals surface area contributed by atoms with Gasteiger partial charge in [0.05, 0.1) is 12.9 Å². The van der Waals surface area contributed by atoms with Crippen LogP contribution in [0.2, 0.25) is 0 Å². The average molecular weight is 436 g/mol. The summed E-state index contributed by atoms with van der Waals surface area (Å²) in [5, 5.41) is 21.9. The summed E-state index contributed by atoms with van der Waals surface area (Å²) < 4.78 is 9.23. The van der Waals surface area contributed by atoms with Crippen LogP contribution in [0.1, 0.15) is 31.2 Å². The Morgan fingerprint density at radius 2 is 1.74 bits per heavy atom. The van der Waals surface area contributed by atoms with Gasteiger partial charge in [-0.25, -0.2) is 4.68 Å². The van der Waals surface area contributed by atoms with Crippen molar-refractivity contribution in [2.45, 2.75) is 44.1 Å². The van der Waals surface area contributed by atoms with Gasteiger partial charge in [-0.15, -0.1) is 15.3 Å². The molecule has 0 radical (unpaired) electrons. The maximum atomic E-state index is 5.29. The zero-order valence-corrected chi connectivity index (χ0v) is 18.7. The predicted octanol–water partition coefficient (Wildman–Crippen LogP) is 4.33. The molecule has 0 bridgehead atoms. The highest BCUT2D eigenvalue weighted by Crippen LogP contribution is 2.30. The summed E-state index contributed by atoms with van der Waals surface area (Å²) in [7, 11) is 1.66. The lowest BCUT2D eigenvalue weighted by molar-refractivity contribution is 0.415. The van der Waals surface area contributed by atoms with Gasteiger partial charge in [-0.2, -0.15) is 0 Å². The minimum absolute atomic E-state index is 0.614. The van der Waals surface area contributed by atoms with Crippen LogP contribution >= 0.6 is 11.8 Å². The fourth-order valence-electron chi connectivity index (χ4n) is 3.15. The minimum atomic E-state index is 0.614. The quantitative estimate of drug-likeness (QED) is 0.362. The summed E-state index contributed by atoms with van der Waals surface area (Å²) in [6.07, 6.45) is 2.14. The van der Waals surface area contributed by atoms with Crippen molar-refractivity contribution >= 4 is 11.8 Å². The summed E-state index contributed by atoms with van der Waals surface area (Å²) in [5.41, 5.74) is 3.18. The Balaban J connectivity index is 1.66. The number of unbranched alkanes of at least 4 members (excludes halogenated alkanes) is 1. The van der Waals surface area contributed by atoms with Crippen LogP contribution in [0, 0.1) is 6.92 Å². The van der Waals surface area contributed by atoms with Crippen molar-refractivity contribution in [1.29, 1.82) is 0 Å². The van der Waals surface area contributed by atoms with Gasteiger partial charge in [0.2, 0.25) is 0 Å². The number of benzene rings is 2. The smallest absolute Gasteiger partial charge is 0.196 e. The summed E-state index contributed by atoms with van der Waals surface area (Å²) in [5.74, 6) is 3.03. The van der Waals surface area contributed by atoms with Crippen LogP contribution in [0.25, 0.3) is 17.1 Å². The highest BCUT2D eigenvalue weighted by Gasteiger charge is 2.18. The van der Waals surface area contributed by atoms with Crippen LogP contribution in [-0.2, 0) is 12.3 Å². The third-order valence-corrected chi connectivity index (χ3v) is 5.86. The van der Waals surface area contributed by atoms with E-state index in [1.807, 2.05) is 28.9 Å². The normalized spacial score (nSPS) is 11.1. The lowest BCUT2D eigenvalue weighted by Gasteiger charge is -2.11. The van der Waals surface area contributed by atoms with E-state index in [0.717, 1.165) is 53.2 Å². The Bertz CT molecular complexity index is 1120. The van der Waals surface area contributed by atoms with Gasteiger partial charge < -0.3 is 4.74 Å². The van der Waals surface area contributed by atoms with Crippen molar-refractivity contribution in [1.82, 2.24) is 35.0 Å². The van der Waals surface area contributed by atoms with E-state index in [1.165, 1.54) is 5.56 Å². The first-order valence-corrected chi connectivity index (χ1v) is 11.2. The topological polar surface area (TPSA) is 83.5 Å². The fraction of sp³-hybridized carbons (Fsp3) is 0.318. The van der Waals surface area contributed by atoms with Crippen LogP contribution in [0.5, 0.6) is 5.75 Å². The first-order valence-electron chi connectivity index (χ1n) is 10.2. The van der Waals surface area contributed by atoms with Crippen molar-refractivity contribution in [3.05, 3.63) is 59.9 Å². The number of nitrogens with zero attached hydrogens (tertiary/aromatic N) is 7. The number of hydrogen-bond donors (Lipinski definition) is 0. The average Bonchev–Trinajstić information content (AvgIpc) is 3.43. The lowest BCUT2D eigenvalue weighted by Crippen LogP contribution is -2.05. The molecule has 0 spiro atoms. The minimum Gasteiger partial charge on any atom is -0.497 e. The van der Waals surface area contributed by atoms with E-state index in [0.29, 0.717) is 5.75 Å². The Morgan fingerprint density at radius 3 is 2.45 bits per heavy atom. The van der Waals surface area contributed by atoms with E-state index in [4.69, 9.17) is 4.74 Å². The van der Waals surface area contributed by atoms with E-state index in [1.54, 1.807) is 18.9 Å². The number of ether oxygens (including phenoxy) is 1. The number of aryl methyl sites for hydroxylation is 2. The summed E-state index contributed by atoms with van der Waals surface area (Å²) in [6.45, 7) is 5.05. The maximum Gasteiger partial charge on any atom is 0.196 e. The molecular weight excluding hydrogens is 410 g/mol. The molecule has 2 aromatic heterocycles. The largest absolute Gasteiger partial charge is 0.497 e. The second-order valence-electron chi connectivity index (χ2n) is 7.17. The highest BCUT2D eigenvalue weighted by molar-refractivity contribution is 7.98. The van der Waals surface area contributed by atoms with E-state index < -0.39 is 0 Å². The molecule has 31 heavy (non-hydrogen) atoms. The van der Waals surface area contributed by atoms with Gasteiger partial charge in [0.1, 0.15) is 5.75 Å². The van der Waals surface area contributed by atoms with Gasteiger partial charge in [0.15, 0.2) is 16.8 Å². The molecular formula is C22H25N7OS. The number of thioether (sulfide) groups is 1. The van der Waals surface area contributed by atoms with Gasteiger partial charge in [-0.3, -0.25) is 4.57 Å². The second kappa shape index (κ2) is 9.74. The van der Waals surface area contributed by atoms with Crippen LogP contribution in [0.3, 0.4) is 0 Å². The summed E-state index contributed by atoms with van der Waals surface area (Å²) in [4.78, 5) is 0. The van der Waals surface area contributed by atoms with Crippen molar-refractivity contribution in [3.63, 3.8) is 0 Å². The van der Waals surface area contributed by atoms with Crippen LogP contribution < -0.4 is 4.74 Å². The molecule has 0 aliphatic heterocycles. The van der Waals surface area contributed by atoms with Crippen molar-refractivity contribution in [3.8, 4) is 22.8 Å². The Hall–Kier alpha value is -3.20. The molecule has 9 heteroatoms. The fourth-order valence-corrected chi connectivity index (χ4v) is 4.04. The van der Waals surface area contributed by atoms with Crippen LogP contribution in [0.4, 0.5) is 0 Å². The highest BCUT2D eigenvalue weighted by atomic mass is 32.2. The second-order valence-corrected chi connectivity index (χ2v) is 8.11. The summed E-state index contributed by atoms with van der Waals surface area (Å²) >= 11 is 1.58. The van der Waals surface area contributed by atoms with Gasteiger partial charge in [-0.1, -0.05) is 42.8 Å². The molecule has 2 aromatic carbocycles. The molecule has 4 rings (SSSR count). The zero-order chi connectivity index (χ0) is 21.6. The number of hydrogen-bond acceptors (Lipinski definition) is 7. The number of methoxy groups -OCH3 is 1. The van der Waals surface area contributed by atoms with Gasteiger partial charge in [0, 0.05) is 17.8 Å². The van der Waals surface area contributed by atoms with Gasteiger partial charge >= 0.3 is 0 Å². The molecule has 0 aliphatic rings. The number of aromatic nitrogens is 7. The summed E-state index contributed by atoms with van der Waals surface area (Å²) in [6, 6.07) is 16.2. The Morgan fingerprint density at radius 1 is 0.968 bits per heavy atom. The molecule has 0 amide bonds. The number of rotatable bonds is 9. The van der Waals surface area contributed by atoms with Crippen molar-refractivity contribution in [2.75, 3.05) is 7.11 Å². The molecule has 0 saturated carbocycles. The van der Waals surface area contributed by atoms with Gasteiger partial charge in [-0.05, 0) is 60.2 Å². The zero-order valence-electron chi connectivity index (χ0n) is 17.9. The number of tetrazole rings is 1.